The maximum Gasteiger partial charge on any atom is 0.335 e. The Morgan fingerprint density at radius 1 is 1.53 bits per heavy atom. The molecule has 0 aliphatic carbocycles. The van der Waals surface area contributed by atoms with Crippen LogP contribution in [0.4, 0.5) is 5.69 Å². The second-order valence-electron chi connectivity index (χ2n) is 3.47. The molecule has 0 saturated carbocycles. The number of carbonyl (C=O) groups is 1. The molecule has 8 nitrogen and oxygen atoms in total. The molecule has 0 aliphatic heterocycles. The van der Waals surface area contributed by atoms with Gasteiger partial charge in [0.1, 0.15) is 0 Å². The van der Waals surface area contributed by atoms with Crippen molar-refractivity contribution >= 4 is 33.3 Å². The molecule has 0 aliphatic rings. The average Bonchev–Trinajstić information content (AvgIpc) is 2.36. The van der Waals surface area contributed by atoms with E-state index in [0.717, 1.165) is 19.2 Å². The Hall–Kier alpha value is -1.71. The molecule has 0 radical (unpaired) electrons. The van der Waals surface area contributed by atoms with Crippen LogP contribution >= 0.6 is 11.6 Å². The fourth-order valence-corrected chi connectivity index (χ4v) is 2.73. The molecule has 1 N–H and O–H groups in total. The van der Waals surface area contributed by atoms with E-state index >= 15 is 0 Å². The Kier molecular flexibility index (Phi) is 4.45. The molecular weight excluding hydrogens is 300 g/mol. The number of aromatic carboxylic acids is 1. The Balaban J connectivity index is 3.53. The molecule has 1 aromatic rings. The van der Waals surface area contributed by atoms with Gasteiger partial charge in [-0.1, -0.05) is 0 Å². The molecular formula is C9H9ClN2O6S. The van der Waals surface area contributed by atoms with Gasteiger partial charge in [-0.05, 0) is 12.1 Å². The predicted molar refractivity (Wildman–Crippen MR) is 65.7 cm³/mol. The van der Waals surface area contributed by atoms with Crippen LogP contribution in [-0.2, 0) is 10.0 Å². The minimum absolute atomic E-state index is 0.376. The van der Waals surface area contributed by atoms with Crippen LogP contribution in [0.5, 0.6) is 0 Å². The fourth-order valence-electron chi connectivity index (χ4n) is 1.24. The molecule has 0 heterocycles. The van der Waals surface area contributed by atoms with Crippen molar-refractivity contribution in [2.45, 2.75) is 4.90 Å². The third kappa shape index (κ3) is 3.00. The minimum Gasteiger partial charge on any atom is -0.478 e. The normalized spacial score (nSPS) is 11.5. The third-order valence-corrected chi connectivity index (χ3v) is 4.61. The van der Waals surface area contributed by atoms with Crippen molar-refractivity contribution in [3.8, 4) is 0 Å². The molecule has 1 aromatic carbocycles. The van der Waals surface area contributed by atoms with E-state index in [2.05, 4.69) is 0 Å². The van der Waals surface area contributed by atoms with Gasteiger partial charge in [0.05, 0.1) is 16.5 Å². The quantitative estimate of drug-likeness (QED) is 0.377. The number of halogens is 1. The van der Waals surface area contributed by atoms with Crippen LogP contribution in [0.1, 0.15) is 10.4 Å². The smallest absolute Gasteiger partial charge is 0.335 e. The molecule has 0 aromatic heterocycles. The number of alkyl halides is 1. The van der Waals surface area contributed by atoms with E-state index in [-0.39, 0.29) is 11.6 Å². The second kappa shape index (κ2) is 5.51. The minimum atomic E-state index is -4.14. The summed E-state index contributed by atoms with van der Waals surface area (Å²) in [6.07, 6.45) is 0. The standard InChI is InChI=1S/C9H9ClN2O6S/c1-11(5-10)19(17,18)8-3-2-6(9(13)14)4-7(8)12(15)16/h2-4H,5H2,1H3,(H,13,14). The summed E-state index contributed by atoms with van der Waals surface area (Å²) in [5.74, 6) is -1.39. The van der Waals surface area contributed by atoms with Crippen LogP contribution in [0.15, 0.2) is 23.1 Å². The largest absolute Gasteiger partial charge is 0.478 e. The first kappa shape index (κ1) is 15.3. The Morgan fingerprint density at radius 2 is 2.11 bits per heavy atom. The maximum absolute atomic E-state index is 12.0. The predicted octanol–water partition coefficient (Wildman–Crippen LogP) is 1.11. The van der Waals surface area contributed by atoms with Crippen molar-refractivity contribution in [1.29, 1.82) is 0 Å². The first-order valence-corrected chi connectivity index (χ1v) is 6.73. The monoisotopic (exact) mass is 308 g/mol. The number of rotatable bonds is 5. The number of sulfonamides is 1. The summed E-state index contributed by atoms with van der Waals surface area (Å²) in [6.45, 7) is 0. The van der Waals surface area contributed by atoms with E-state index in [9.17, 15) is 23.3 Å². The highest BCUT2D eigenvalue weighted by molar-refractivity contribution is 7.89. The number of carboxylic acid groups (broad SMARTS) is 1. The van der Waals surface area contributed by atoms with Crippen LogP contribution < -0.4 is 0 Å². The number of nitro groups is 1. The highest BCUT2D eigenvalue weighted by Crippen LogP contribution is 2.27. The number of carboxylic acids is 1. The molecule has 1 rings (SSSR count). The zero-order valence-electron chi connectivity index (χ0n) is 9.61. The summed E-state index contributed by atoms with van der Waals surface area (Å²) in [4.78, 5) is 20.0. The molecule has 104 valence electrons. The molecule has 0 atom stereocenters. The first-order valence-electron chi connectivity index (χ1n) is 4.76. The lowest BCUT2D eigenvalue weighted by molar-refractivity contribution is -0.387. The lowest BCUT2D eigenvalue weighted by Gasteiger charge is -2.13. The molecule has 10 heteroatoms. The summed E-state index contributed by atoms with van der Waals surface area (Å²) in [5, 5.41) is 19.6. The van der Waals surface area contributed by atoms with Crippen molar-refractivity contribution in [3.05, 3.63) is 33.9 Å². The van der Waals surface area contributed by atoms with Crippen molar-refractivity contribution in [2.24, 2.45) is 0 Å². The van der Waals surface area contributed by atoms with Crippen LogP contribution in [0, 0.1) is 10.1 Å². The summed E-state index contributed by atoms with van der Waals surface area (Å²) < 4.78 is 24.6. The van der Waals surface area contributed by atoms with Gasteiger partial charge in [-0.2, -0.15) is 4.31 Å². The van der Waals surface area contributed by atoms with Crippen molar-refractivity contribution < 1.29 is 23.2 Å². The van der Waals surface area contributed by atoms with Crippen molar-refractivity contribution in [1.82, 2.24) is 4.31 Å². The Labute approximate surface area is 113 Å². The van der Waals surface area contributed by atoms with Gasteiger partial charge in [0.2, 0.25) is 0 Å². The first-order chi connectivity index (χ1) is 8.71. The van der Waals surface area contributed by atoms with Crippen LogP contribution in [0.25, 0.3) is 0 Å². The highest BCUT2D eigenvalue weighted by Gasteiger charge is 2.30. The molecule has 19 heavy (non-hydrogen) atoms. The van der Waals surface area contributed by atoms with Gasteiger partial charge < -0.3 is 5.11 Å². The average molecular weight is 309 g/mol. The number of hydrogen-bond donors (Lipinski definition) is 1. The number of nitro benzene ring substituents is 1. The van der Waals surface area contributed by atoms with Gasteiger partial charge in [-0.15, -0.1) is 11.6 Å². The summed E-state index contributed by atoms with van der Waals surface area (Å²) >= 11 is 5.38. The SMILES string of the molecule is CN(CCl)S(=O)(=O)c1ccc(C(=O)O)cc1[N+](=O)[O-]. The van der Waals surface area contributed by atoms with Gasteiger partial charge in [0.25, 0.3) is 15.7 Å². The van der Waals surface area contributed by atoms with Crippen molar-refractivity contribution in [2.75, 3.05) is 13.1 Å². The molecule has 0 unspecified atom stereocenters. The molecule has 0 saturated heterocycles. The van der Waals surface area contributed by atoms with Crippen LogP contribution in [0.2, 0.25) is 0 Å². The topological polar surface area (TPSA) is 118 Å². The van der Waals surface area contributed by atoms with Crippen LogP contribution in [0.3, 0.4) is 0 Å². The molecule has 0 bridgehead atoms. The zero-order chi connectivity index (χ0) is 14.8. The van der Waals surface area contributed by atoms with Gasteiger partial charge in [0, 0.05) is 13.1 Å². The van der Waals surface area contributed by atoms with Gasteiger partial charge in [-0.3, -0.25) is 10.1 Å². The maximum atomic E-state index is 12.0. The Bertz CT molecular complexity index is 630. The van der Waals surface area contributed by atoms with E-state index in [1.807, 2.05) is 0 Å². The number of benzene rings is 1. The summed E-state index contributed by atoms with van der Waals surface area (Å²) in [6, 6.07) is 2.15. The highest BCUT2D eigenvalue weighted by atomic mass is 35.5. The summed E-state index contributed by atoms with van der Waals surface area (Å²) in [5.41, 5.74) is -1.18. The fraction of sp³-hybridized carbons (Fsp3) is 0.222. The lowest BCUT2D eigenvalue weighted by Crippen LogP contribution is -2.26. The number of nitrogens with zero attached hydrogens (tertiary/aromatic N) is 2. The van der Waals surface area contributed by atoms with Gasteiger partial charge in [0.15, 0.2) is 4.90 Å². The van der Waals surface area contributed by atoms with Crippen molar-refractivity contribution in [3.63, 3.8) is 0 Å². The van der Waals surface area contributed by atoms with Gasteiger partial charge in [-0.25, -0.2) is 13.2 Å². The van der Waals surface area contributed by atoms with Gasteiger partial charge >= 0.3 is 5.97 Å². The van der Waals surface area contributed by atoms with E-state index in [1.165, 1.54) is 0 Å². The Morgan fingerprint density at radius 3 is 2.53 bits per heavy atom. The third-order valence-electron chi connectivity index (χ3n) is 2.26. The summed E-state index contributed by atoms with van der Waals surface area (Å²) in [7, 11) is -2.99. The van der Waals surface area contributed by atoms with E-state index in [4.69, 9.17) is 16.7 Å². The molecule has 0 amide bonds. The van der Waals surface area contributed by atoms with E-state index in [1.54, 1.807) is 0 Å². The van der Waals surface area contributed by atoms with Crippen LogP contribution in [-0.4, -0.2) is 41.8 Å². The number of hydrogen-bond acceptors (Lipinski definition) is 5. The second-order valence-corrected chi connectivity index (χ2v) is 5.72. The van der Waals surface area contributed by atoms with E-state index in [0.29, 0.717) is 10.4 Å². The van der Waals surface area contributed by atoms with E-state index < -0.39 is 31.5 Å². The zero-order valence-corrected chi connectivity index (χ0v) is 11.2. The molecule has 0 fully saturated rings. The lowest BCUT2D eigenvalue weighted by atomic mass is 10.2. The molecule has 0 spiro atoms.